The fourth-order valence-electron chi connectivity index (χ4n) is 2.16. The first-order chi connectivity index (χ1) is 9.90. The van der Waals surface area contributed by atoms with Gasteiger partial charge in [-0.15, -0.1) is 0 Å². The zero-order valence-electron chi connectivity index (χ0n) is 10.6. The van der Waals surface area contributed by atoms with Crippen LogP contribution in [0.5, 0.6) is 5.75 Å². The molecule has 20 heavy (non-hydrogen) atoms. The van der Waals surface area contributed by atoms with Crippen LogP contribution in [0.1, 0.15) is 5.56 Å². The second kappa shape index (κ2) is 4.42. The molecular formula is C16H11N2O2. The van der Waals surface area contributed by atoms with E-state index in [2.05, 4.69) is 16.5 Å². The van der Waals surface area contributed by atoms with Crippen molar-refractivity contribution in [2.45, 2.75) is 6.61 Å². The molecular weight excluding hydrogens is 252 g/mol. The summed E-state index contributed by atoms with van der Waals surface area (Å²) in [5.74, 6) is 1.66. The fourth-order valence-corrected chi connectivity index (χ4v) is 2.16. The van der Waals surface area contributed by atoms with Crippen LogP contribution in [0.4, 0.5) is 11.4 Å². The predicted molar refractivity (Wildman–Crippen MR) is 75.8 cm³/mol. The average Bonchev–Trinajstić information content (AvgIpc) is 2.54. The molecule has 4 heteroatoms. The number of hydrogen-bond acceptors (Lipinski definition) is 4. The lowest BCUT2D eigenvalue weighted by Gasteiger charge is -2.22. The van der Waals surface area contributed by atoms with Crippen LogP contribution in [0, 0.1) is 6.20 Å². The summed E-state index contributed by atoms with van der Waals surface area (Å²) in [7, 11) is 0. The van der Waals surface area contributed by atoms with Crippen molar-refractivity contribution in [2.24, 2.45) is 4.99 Å². The highest BCUT2D eigenvalue weighted by molar-refractivity contribution is 5.95. The number of aliphatic imine (C=N–C) groups is 1. The Bertz CT molecular complexity index is 735. The summed E-state index contributed by atoms with van der Waals surface area (Å²) in [5.41, 5.74) is 2.86. The number of rotatable bonds is 1. The van der Waals surface area contributed by atoms with Gasteiger partial charge in [0.1, 0.15) is 12.8 Å². The van der Waals surface area contributed by atoms with Crippen molar-refractivity contribution in [1.29, 1.82) is 0 Å². The zero-order chi connectivity index (χ0) is 13.4. The Hall–Kier alpha value is -2.75. The summed E-state index contributed by atoms with van der Waals surface area (Å²) < 4.78 is 11.4. The molecule has 4 rings (SSSR count). The molecule has 0 atom stereocenters. The van der Waals surface area contributed by atoms with E-state index in [1.165, 1.54) is 0 Å². The third kappa shape index (κ3) is 1.82. The molecule has 0 fully saturated rings. The van der Waals surface area contributed by atoms with Gasteiger partial charge in [0.15, 0.2) is 5.75 Å². The third-order valence-corrected chi connectivity index (χ3v) is 3.18. The van der Waals surface area contributed by atoms with Crippen molar-refractivity contribution < 1.29 is 9.47 Å². The second-order valence-corrected chi connectivity index (χ2v) is 4.51. The fraction of sp³-hybridized carbons (Fsp3) is 0.0625. The molecule has 2 aliphatic heterocycles. The Morgan fingerprint density at radius 3 is 2.90 bits per heavy atom. The molecule has 0 spiro atoms. The van der Waals surface area contributed by atoms with Crippen molar-refractivity contribution in [3.05, 3.63) is 66.1 Å². The molecule has 2 aromatic carbocycles. The zero-order valence-corrected chi connectivity index (χ0v) is 10.6. The molecule has 0 aromatic heterocycles. The molecule has 4 nitrogen and oxygen atoms in total. The topological polar surface area (TPSA) is 42.9 Å². The SMILES string of the molecule is [C]1=C(C2=Nc3ccccc3CO2)Oc2ccccc2N1. The van der Waals surface area contributed by atoms with E-state index in [0.29, 0.717) is 18.3 Å². The van der Waals surface area contributed by atoms with E-state index >= 15 is 0 Å². The van der Waals surface area contributed by atoms with Gasteiger partial charge < -0.3 is 14.8 Å². The number of para-hydroxylation sites is 3. The van der Waals surface area contributed by atoms with Crippen LogP contribution in [0.2, 0.25) is 0 Å². The predicted octanol–water partition coefficient (Wildman–Crippen LogP) is 3.40. The van der Waals surface area contributed by atoms with Gasteiger partial charge in [0.2, 0.25) is 5.76 Å². The van der Waals surface area contributed by atoms with Gasteiger partial charge in [0.05, 0.1) is 11.4 Å². The summed E-state index contributed by atoms with van der Waals surface area (Å²) in [6, 6.07) is 15.6. The molecule has 0 saturated carbocycles. The normalized spacial score (nSPS) is 15.6. The molecule has 0 amide bonds. The molecule has 0 aliphatic carbocycles. The van der Waals surface area contributed by atoms with Gasteiger partial charge in [0, 0.05) is 5.56 Å². The number of anilines is 1. The number of nitrogens with zero attached hydrogens (tertiary/aromatic N) is 1. The first-order valence-corrected chi connectivity index (χ1v) is 6.36. The Balaban J connectivity index is 1.68. The average molecular weight is 263 g/mol. The highest BCUT2D eigenvalue weighted by Crippen LogP contribution is 2.31. The quantitative estimate of drug-likeness (QED) is 0.857. The highest BCUT2D eigenvalue weighted by Gasteiger charge is 2.22. The maximum absolute atomic E-state index is 5.77. The summed E-state index contributed by atoms with van der Waals surface area (Å²) in [4.78, 5) is 4.47. The van der Waals surface area contributed by atoms with Gasteiger partial charge in [-0.25, -0.2) is 4.99 Å². The van der Waals surface area contributed by atoms with Crippen LogP contribution in [0.25, 0.3) is 0 Å². The minimum atomic E-state index is 0.450. The van der Waals surface area contributed by atoms with Crippen LogP contribution < -0.4 is 10.1 Å². The largest absolute Gasteiger partial charge is 0.470 e. The summed E-state index contributed by atoms with van der Waals surface area (Å²) in [6.07, 6.45) is 2.96. The first-order valence-electron chi connectivity index (χ1n) is 6.36. The number of nitrogens with one attached hydrogen (secondary N) is 1. The molecule has 0 unspecified atom stereocenters. The second-order valence-electron chi connectivity index (χ2n) is 4.51. The van der Waals surface area contributed by atoms with Crippen molar-refractivity contribution in [3.8, 4) is 5.75 Å². The van der Waals surface area contributed by atoms with E-state index in [-0.39, 0.29) is 0 Å². The Kier molecular flexibility index (Phi) is 2.45. The minimum absolute atomic E-state index is 0.450. The molecule has 2 aliphatic rings. The van der Waals surface area contributed by atoms with Gasteiger partial charge in [0.25, 0.3) is 5.90 Å². The molecule has 97 valence electrons. The Labute approximate surface area is 116 Å². The first kappa shape index (κ1) is 11.1. The van der Waals surface area contributed by atoms with E-state index in [1.54, 1.807) is 0 Å². The van der Waals surface area contributed by atoms with E-state index in [4.69, 9.17) is 9.47 Å². The summed E-state index contributed by atoms with van der Waals surface area (Å²) in [5, 5.41) is 3.06. The molecule has 1 radical (unpaired) electrons. The number of benzene rings is 2. The van der Waals surface area contributed by atoms with Crippen molar-refractivity contribution >= 4 is 17.3 Å². The van der Waals surface area contributed by atoms with Crippen LogP contribution in [-0.4, -0.2) is 5.90 Å². The van der Waals surface area contributed by atoms with Crippen LogP contribution in [0.15, 0.2) is 59.3 Å². The lowest BCUT2D eigenvalue weighted by atomic mass is 10.2. The van der Waals surface area contributed by atoms with Crippen LogP contribution in [-0.2, 0) is 11.3 Å². The van der Waals surface area contributed by atoms with Gasteiger partial charge in [-0.2, -0.15) is 0 Å². The lowest BCUT2D eigenvalue weighted by Crippen LogP contribution is -2.20. The van der Waals surface area contributed by atoms with Crippen molar-refractivity contribution in [2.75, 3.05) is 5.32 Å². The Morgan fingerprint density at radius 1 is 1.05 bits per heavy atom. The smallest absolute Gasteiger partial charge is 0.260 e. The number of hydrogen-bond donors (Lipinski definition) is 1. The van der Waals surface area contributed by atoms with Gasteiger partial charge in [-0.3, -0.25) is 0 Å². The number of ether oxygens (including phenoxy) is 2. The van der Waals surface area contributed by atoms with E-state index in [0.717, 1.165) is 22.7 Å². The van der Waals surface area contributed by atoms with Gasteiger partial charge >= 0.3 is 0 Å². The Morgan fingerprint density at radius 2 is 1.90 bits per heavy atom. The maximum atomic E-state index is 5.77. The lowest BCUT2D eigenvalue weighted by molar-refractivity contribution is 0.270. The van der Waals surface area contributed by atoms with Crippen molar-refractivity contribution in [1.82, 2.24) is 0 Å². The monoisotopic (exact) mass is 263 g/mol. The molecule has 1 N–H and O–H groups in total. The van der Waals surface area contributed by atoms with Crippen molar-refractivity contribution in [3.63, 3.8) is 0 Å². The molecule has 0 bridgehead atoms. The molecule has 2 heterocycles. The molecule has 2 aromatic rings. The van der Waals surface area contributed by atoms with Gasteiger partial charge in [-0.1, -0.05) is 30.3 Å². The highest BCUT2D eigenvalue weighted by atomic mass is 16.5. The van der Waals surface area contributed by atoms with Crippen LogP contribution >= 0.6 is 0 Å². The third-order valence-electron chi connectivity index (χ3n) is 3.18. The summed E-state index contributed by atoms with van der Waals surface area (Å²) >= 11 is 0. The van der Waals surface area contributed by atoms with E-state index in [9.17, 15) is 0 Å². The minimum Gasteiger partial charge on any atom is -0.470 e. The van der Waals surface area contributed by atoms with E-state index in [1.807, 2.05) is 48.5 Å². The standard InChI is InChI=1S/C16H11N2O2/c1-2-6-12-11(5-1)10-19-16(18-12)15-9-17-13-7-3-4-8-14(13)20-15/h1-8,17H,10H2. The number of fused-ring (bicyclic) bond motifs is 2. The van der Waals surface area contributed by atoms with Gasteiger partial charge in [-0.05, 0) is 18.2 Å². The maximum Gasteiger partial charge on any atom is 0.260 e. The van der Waals surface area contributed by atoms with Crippen LogP contribution in [0.3, 0.4) is 0 Å². The molecule has 0 saturated heterocycles. The summed E-state index contributed by atoms with van der Waals surface area (Å²) in [6.45, 7) is 0.491. The van der Waals surface area contributed by atoms with E-state index < -0.39 is 0 Å².